The Kier molecular flexibility index (Phi) is 7.96. The number of nitrogens with one attached hydrogen (secondary N) is 1. The van der Waals surface area contributed by atoms with Gasteiger partial charge in [0.25, 0.3) is 0 Å². The largest absolute Gasteiger partial charge is 0.397 e. The molecule has 4 heteroatoms. The Morgan fingerprint density at radius 2 is 1.86 bits per heavy atom. The number of nitriles is 1. The molecule has 0 saturated carbocycles. The van der Waals surface area contributed by atoms with Crippen LogP contribution in [0.2, 0.25) is 0 Å². The highest BCUT2D eigenvalue weighted by Crippen LogP contribution is 2.20. The Morgan fingerprint density at radius 1 is 1.19 bits per heavy atom. The van der Waals surface area contributed by atoms with Gasteiger partial charge in [-0.1, -0.05) is 45.4 Å². The number of hydrogen-bond donors (Lipinski definition) is 2. The number of carbonyl (C=O) groups is 1. The zero-order valence-corrected chi connectivity index (χ0v) is 12.8. The molecule has 1 rings (SSSR count). The number of nitrogens with zero attached hydrogens (tertiary/aromatic N) is 1. The van der Waals surface area contributed by atoms with E-state index < -0.39 is 0 Å². The van der Waals surface area contributed by atoms with E-state index in [9.17, 15) is 4.79 Å². The molecule has 0 bridgehead atoms. The van der Waals surface area contributed by atoms with E-state index in [2.05, 4.69) is 12.2 Å². The first-order valence-electron chi connectivity index (χ1n) is 7.77. The number of nitrogens with two attached hydrogens (primary N) is 1. The summed E-state index contributed by atoms with van der Waals surface area (Å²) in [5.74, 6) is -0.0139. The van der Waals surface area contributed by atoms with Crippen LogP contribution in [0.15, 0.2) is 18.2 Å². The van der Waals surface area contributed by atoms with E-state index in [1.54, 1.807) is 18.2 Å². The Hall–Kier alpha value is -2.02. The zero-order valence-electron chi connectivity index (χ0n) is 12.8. The van der Waals surface area contributed by atoms with Crippen molar-refractivity contribution in [3.8, 4) is 6.07 Å². The number of carbonyl (C=O) groups excluding carboxylic acids is 1. The molecule has 0 heterocycles. The molecule has 114 valence electrons. The molecule has 0 fully saturated rings. The van der Waals surface area contributed by atoms with Gasteiger partial charge >= 0.3 is 0 Å². The molecule has 0 unspecified atom stereocenters. The molecular formula is C17H25N3O. The van der Waals surface area contributed by atoms with Gasteiger partial charge < -0.3 is 11.1 Å². The predicted molar refractivity (Wildman–Crippen MR) is 86.8 cm³/mol. The molecule has 3 N–H and O–H groups in total. The van der Waals surface area contributed by atoms with Gasteiger partial charge in [-0.2, -0.15) is 5.26 Å². The van der Waals surface area contributed by atoms with Crippen LogP contribution < -0.4 is 11.1 Å². The summed E-state index contributed by atoms with van der Waals surface area (Å²) in [7, 11) is 0. The van der Waals surface area contributed by atoms with Crippen molar-refractivity contribution in [1.82, 2.24) is 0 Å². The van der Waals surface area contributed by atoms with Crippen LogP contribution in [0.4, 0.5) is 11.4 Å². The van der Waals surface area contributed by atoms with Gasteiger partial charge in [-0.25, -0.2) is 0 Å². The van der Waals surface area contributed by atoms with Crippen molar-refractivity contribution < 1.29 is 4.79 Å². The summed E-state index contributed by atoms with van der Waals surface area (Å²) in [5, 5.41) is 11.6. The third kappa shape index (κ3) is 6.80. The quantitative estimate of drug-likeness (QED) is 0.527. The van der Waals surface area contributed by atoms with Crippen molar-refractivity contribution in [1.29, 1.82) is 5.26 Å². The molecule has 0 aliphatic carbocycles. The van der Waals surface area contributed by atoms with Crippen molar-refractivity contribution in [3.63, 3.8) is 0 Å². The molecule has 0 aliphatic rings. The zero-order chi connectivity index (χ0) is 15.5. The van der Waals surface area contributed by atoms with Gasteiger partial charge in [0.15, 0.2) is 0 Å². The average molecular weight is 287 g/mol. The Labute approximate surface area is 127 Å². The molecule has 0 spiro atoms. The summed E-state index contributed by atoms with van der Waals surface area (Å²) in [6.45, 7) is 2.21. The van der Waals surface area contributed by atoms with Crippen LogP contribution in [-0.4, -0.2) is 5.91 Å². The molecule has 1 aromatic carbocycles. The highest BCUT2D eigenvalue weighted by molar-refractivity contribution is 5.93. The maximum absolute atomic E-state index is 11.8. The first kappa shape index (κ1) is 17.0. The second-order valence-electron chi connectivity index (χ2n) is 5.33. The van der Waals surface area contributed by atoms with Crippen LogP contribution in [-0.2, 0) is 4.79 Å². The van der Waals surface area contributed by atoms with Gasteiger partial charge in [0.05, 0.1) is 23.0 Å². The predicted octanol–water partition coefficient (Wildman–Crippen LogP) is 4.22. The Morgan fingerprint density at radius 3 is 2.48 bits per heavy atom. The monoisotopic (exact) mass is 287 g/mol. The minimum atomic E-state index is -0.0139. The second-order valence-corrected chi connectivity index (χ2v) is 5.33. The number of benzene rings is 1. The molecule has 0 atom stereocenters. The van der Waals surface area contributed by atoms with Gasteiger partial charge in [-0.15, -0.1) is 0 Å². The van der Waals surface area contributed by atoms with Crippen LogP contribution in [0.3, 0.4) is 0 Å². The molecular weight excluding hydrogens is 262 g/mol. The molecule has 0 radical (unpaired) electrons. The van der Waals surface area contributed by atoms with Gasteiger partial charge in [0.1, 0.15) is 0 Å². The fourth-order valence-corrected chi connectivity index (χ4v) is 2.20. The van der Waals surface area contributed by atoms with Crippen LogP contribution in [0.1, 0.15) is 63.9 Å². The van der Waals surface area contributed by atoms with Gasteiger partial charge in [-0.05, 0) is 24.6 Å². The number of hydrogen-bond acceptors (Lipinski definition) is 3. The minimum Gasteiger partial charge on any atom is -0.397 e. The highest BCUT2D eigenvalue weighted by atomic mass is 16.1. The minimum absolute atomic E-state index is 0.0139. The van der Waals surface area contributed by atoms with E-state index in [1.807, 2.05) is 6.07 Å². The second kappa shape index (κ2) is 9.82. The van der Waals surface area contributed by atoms with Gasteiger partial charge in [0.2, 0.25) is 5.91 Å². The first-order valence-corrected chi connectivity index (χ1v) is 7.77. The topological polar surface area (TPSA) is 78.9 Å². The van der Waals surface area contributed by atoms with Gasteiger partial charge in [-0.3, -0.25) is 4.79 Å². The number of rotatable bonds is 9. The number of amides is 1. The fraction of sp³-hybridized carbons (Fsp3) is 0.529. The molecule has 1 aromatic rings. The lowest BCUT2D eigenvalue weighted by atomic mass is 10.1. The number of unbranched alkanes of at least 4 members (excludes halogenated alkanes) is 6. The lowest BCUT2D eigenvalue weighted by Gasteiger charge is -2.08. The fourth-order valence-electron chi connectivity index (χ4n) is 2.20. The normalized spacial score (nSPS) is 10.1. The SMILES string of the molecule is CCCCCCCCCC(=O)Nc1ccc(C#N)cc1N. The Balaban J connectivity index is 2.23. The highest BCUT2D eigenvalue weighted by Gasteiger charge is 2.05. The lowest BCUT2D eigenvalue weighted by Crippen LogP contribution is -2.12. The lowest BCUT2D eigenvalue weighted by molar-refractivity contribution is -0.116. The third-order valence-electron chi connectivity index (χ3n) is 3.46. The molecule has 4 nitrogen and oxygen atoms in total. The number of anilines is 2. The summed E-state index contributed by atoms with van der Waals surface area (Å²) < 4.78 is 0. The van der Waals surface area contributed by atoms with Crippen molar-refractivity contribution in [2.45, 2.75) is 58.3 Å². The standard InChI is InChI=1S/C17H25N3O/c1-2-3-4-5-6-7-8-9-17(21)20-16-11-10-14(13-18)12-15(16)19/h10-12H,2-9,19H2,1H3,(H,20,21). The van der Waals surface area contributed by atoms with E-state index in [0.717, 1.165) is 12.8 Å². The summed E-state index contributed by atoms with van der Waals surface area (Å²) in [6, 6.07) is 6.92. The summed E-state index contributed by atoms with van der Waals surface area (Å²) in [4.78, 5) is 11.8. The average Bonchev–Trinajstić information content (AvgIpc) is 2.48. The van der Waals surface area contributed by atoms with Crippen LogP contribution in [0, 0.1) is 11.3 Å². The molecule has 0 aliphatic heterocycles. The van der Waals surface area contributed by atoms with E-state index >= 15 is 0 Å². The molecule has 1 amide bonds. The van der Waals surface area contributed by atoms with Crippen molar-refractivity contribution in [2.75, 3.05) is 11.1 Å². The van der Waals surface area contributed by atoms with Crippen LogP contribution in [0.25, 0.3) is 0 Å². The van der Waals surface area contributed by atoms with Crippen molar-refractivity contribution >= 4 is 17.3 Å². The molecule has 0 saturated heterocycles. The van der Waals surface area contributed by atoms with Gasteiger partial charge in [0, 0.05) is 6.42 Å². The summed E-state index contributed by atoms with van der Waals surface area (Å²) in [5.41, 5.74) is 7.32. The molecule has 0 aromatic heterocycles. The van der Waals surface area contributed by atoms with Crippen LogP contribution >= 0.6 is 0 Å². The van der Waals surface area contributed by atoms with Crippen molar-refractivity contribution in [2.24, 2.45) is 0 Å². The first-order chi connectivity index (χ1) is 10.2. The Bertz CT molecular complexity index is 491. The van der Waals surface area contributed by atoms with Crippen molar-refractivity contribution in [3.05, 3.63) is 23.8 Å². The van der Waals surface area contributed by atoms with E-state index in [1.165, 1.54) is 32.1 Å². The molecule has 21 heavy (non-hydrogen) atoms. The maximum atomic E-state index is 11.8. The van der Waals surface area contributed by atoms with Crippen LogP contribution in [0.5, 0.6) is 0 Å². The van der Waals surface area contributed by atoms with E-state index in [4.69, 9.17) is 11.0 Å². The van der Waals surface area contributed by atoms with E-state index in [-0.39, 0.29) is 5.91 Å². The van der Waals surface area contributed by atoms with E-state index in [0.29, 0.717) is 23.4 Å². The summed E-state index contributed by atoms with van der Waals surface area (Å²) in [6.07, 6.45) is 8.85. The number of nitrogen functional groups attached to an aromatic ring is 1. The maximum Gasteiger partial charge on any atom is 0.224 e. The smallest absolute Gasteiger partial charge is 0.224 e. The third-order valence-corrected chi connectivity index (χ3v) is 3.46. The summed E-state index contributed by atoms with van der Waals surface area (Å²) >= 11 is 0.